The molecule has 3 heterocycles. The summed E-state index contributed by atoms with van der Waals surface area (Å²) in [5.74, 6) is 0.958. The van der Waals surface area contributed by atoms with Gasteiger partial charge in [-0.1, -0.05) is 0 Å². The second-order valence-corrected chi connectivity index (χ2v) is 7.50. The Kier molecular flexibility index (Phi) is 4.71. The van der Waals surface area contributed by atoms with Crippen LogP contribution in [0.4, 0.5) is 0 Å². The van der Waals surface area contributed by atoms with Gasteiger partial charge >= 0.3 is 0 Å². The van der Waals surface area contributed by atoms with Gasteiger partial charge < -0.3 is 14.8 Å². The minimum atomic E-state index is -0.399. The molecule has 2 amide bonds. The molecule has 7 heteroatoms. The highest BCUT2D eigenvalue weighted by Gasteiger charge is 2.39. The summed E-state index contributed by atoms with van der Waals surface area (Å²) in [6.07, 6.45) is 2.08. The van der Waals surface area contributed by atoms with Crippen molar-refractivity contribution in [1.29, 1.82) is 0 Å². The molecule has 1 atom stereocenters. The molecule has 0 spiro atoms. The first kappa shape index (κ1) is 17.1. The summed E-state index contributed by atoms with van der Waals surface area (Å²) in [6.45, 7) is 6.66. The predicted octanol–water partition coefficient (Wildman–Crippen LogP) is 1.97. The number of carbonyl (C=O) groups excluding carboxylic acids is 3. The fourth-order valence-electron chi connectivity index (χ4n) is 3.63. The third-order valence-corrected chi connectivity index (χ3v) is 5.86. The number of hydrogen-bond donors (Lipinski definition) is 1. The van der Waals surface area contributed by atoms with Gasteiger partial charge in [-0.3, -0.25) is 14.4 Å². The van der Waals surface area contributed by atoms with Crippen molar-refractivity contribution < 1.29 is 14.4 Å². The normalized spacial score (nSPS) is 20.7. The molecule has 0 radical (unpaired) electrons. The Morgan fingerprint density at radius 3 is 2.42 bits per heavy atom. The SMILES string of the molecule is CC(=O)c1c(C)[nH]c(C(=O)N2CSCC2C(=O)N2CCCC2)c1C. The average Bonchev–Trinajstić information content (AvgIpc) is 3.25. The van der Waals surface area contributed by atoms with Crippen LogP contribution in [0.1, 0.15) is 51.9 Å². The molecule has 2 fully saturated rings. The number of H-pyrrole nitrogens is 1. The van der Waals surface area contributed by atoms with Gasteiger partial charge in [-0.05, 0) is 39.2 Å². The van der Waals surface area contributed by atoms with E-state index in [1.54, 1.807) is 30.5 Å². The van der Waals surface area contributed by atoms with Gasteiger partial charge in [-0.2, -0.15) is 0 Å². The van der Waals surface area contributed by atoms with Crippen molar-refractivity contribution in [2.75, 3.05) is 24.7 Å². The molecule has 1 unspecified atom stereocenters. The van der Waals surface area contributed by atoms with E-state index in [-0.39, 0.29) is 17.6 Å². The molecular weight excluding hydrogens is 326 g/mol. The molecule has 2 aliphatic rings. The van der Waals surface area contributed by atoms with Gasteiger partial charge in [0, 0.05) is 30.1 Å². The number of Topliss-reactive ketones (excluding diaryl/α,β-unsaturated/α-hetero) is 1. The number of carbonyl (C=O) groups is 3. The van der Waals surface area contributed by atoms with Crippen LogP contribution in [0.3, 0.4) is 0 Å². The van der Waals surface area contributed by atoms with Crippen LogP contribution >= 0.6 is 11.8 Å². The Bertz CT molecular complexity index is 691. The molecule has 2 saturated heterocycles. The molecule has 0 aliphatic carbocycles. The van der Waals surface area contributed by atoms with E-state index in [0.717, 1.165) is 25.9 Å². The van der Waals surface area contributed by atoms with E-state index in [9.17, 15) is 14.4 Å². The Balaban J connectivity index is 1.85. The molecule has 0 bridgehead atoms. The van der Waals surface area contributed by atoms with Gasteiger partial charge in [0.25, 0.3) is 5.91 Å². The van der Waals surface area contributed by atoms with Crippen LogP contribution in [0.15, 0.2) is 0 Å². The lowest BCUT2D eigenvalue weighted by Gasteiger charge is -2.27. The van der Waals surface area contributed by atoms with Gasteiger partial charge in [0.2, 0.25) is 5.91 Å². The molecule has 1 aromatic rings. The number of aromatic nitrogens is 1. The van der Waals surface area contributed by atoms with Gasteiger partial charge in [0.05, 0.1) is 5.88 Å². The quantitative estimate of drug-likeness (QED) is 0.847. The zero-order valence-corrected chi connectivity index (χ0v) is 15.2. The van der Waals surface area contributed by atoms with Crippen molar-refractivity contribution in [3.63, 3.8) is 0 Å². The van der Waals surface area contributed by atoms with Crippen molar-refractivity contribution >= 4 is 29.4 Å². The largest absolute Gasteiger partial charge is 0.354 e. The molecule has 1 N–H and O–H groups in total. The third-order valence-electron chi connectivity index (χ3n) is 4.85. The van der Waals surface area contributed by atoms with Gasteiger partial charge in [0.1, 0.15) is 11.7 Å². The van der Waals surface area contributed by atoms with Crippen LogP contribution in [0.25, 0.3) is 0 Å². The average molecular weight is 349 g/mol. The van der Waals surface area contributed by atoms with Crippen molar-refractivity contribution in [1.82, 2.24) is 14.8 Å². The maximum Gasteiger partial charge on any atom is 0.271 e. The molecule has 130 valence electrons. The van der Waals surface area contributed by atoms with Gasteiger partial charge in [-0.15, -0.1) is 11.8 Å². The van der Waals surface area contributed by atoms with Crippen LogP contribution in [-0.2, 0) is 4.79 Å². The molecule has 0 saturated carbocycles. The highest BCUT2D eigenvalue weighted by atomic mass is 32.2. The molecule has 24 heavy (non-hydrogen) atoms. The number of hydrogen-bond acceptors (Lipinski definition) is 4. The van der Waals surface area contributed by atoms with E-state index in [1.807, 2.05) is 4.90 Å². The van der Waals surface area contributed by atoms with Crippen LogP contribution < -0.4 is 0 Å². The van der Waals surface area contributed by atoms with E-state index >= 15 is 0 Å². The van der Waals surface area contributed by atoms with Gasteiger partial charge in [0.15, 0.2) is 5.78 Å². The number of nitrogens with one attached hydrogen (secondary N) is 1. The van der Waals surface area contributed by atoms with Crippen LogP contribution in [0, 0.1) is 13.8 Å². The maximum atomic E-state index is 13.0. The highest BCUT2D eigenvalue weighted by Crippen LogP contribution is 2.28. The molecule has 6 nitrogen and oxygen atoms in total. The lowest BCUT2D eigenvalue weighted by molar-refractivity contribution is -0.133. The number of aryl methyl sites for hydroxylation is 1. The van der Waals surface area contributed by atoms with Crippen LogP contribution in [-0.4, -0.2) is 63.1 Å². The number of thioether (sulfide) groups is 1. The lowest BCUT2D eigenvalue weighted by Crippen LogP contribution is -2.48. The smallest absolute Gasteiger partial charge is 0.271 e. The molecule has 1 aromatic heterocycles. The zero-order valence-electron chi connectivity index (χ0n) is 14.3. The Morgan fingerprint density at radius 2 is 1.83 bits per heavy atom. The number of aromatic amines is 1. The zero-order chi connectivity index (χ0) is 17.4. The first-order chi connectivity index (χ1) is 11.4. The molecule has 3 rings (SSSR count). The van der Waals surface area contributed by atoms with Crippen LogP contribution in [0.5, 0.6) is 0 Å². The lowest BCUT2D eigenvalue weighted by atomic mass is 10.1. The van der Waals surface area contributed by atoms with Crippen molar-refractivity contribution in [3.8, 4) is 0 Å². The minimum absolute atomic E-state index is 0.0542. The highest BCUT2D eigenvalue weighted by molar-refractivity contribution is 7.99. The van der Waals surface area contributed by atoms with E-state index in [1.165, 1.54) is 6.92 Å². The monoisotopic (exact) mass is 349 g/mol. The van der Waals surface area contributed by atoms with Crippen molar-refractivity contribution in [3.05, 3.63) is 22.5 Å². The van der Waals surface area contributed by atoms with Crippen molar-refractivity contribution in [2.24, 2.45) is 0 Å². The first-order valence-corrected chi connectivity index (χ1v) is 9.45. The minimum Gasteiger partial charge on any atom is -0.354 e. The Hall–Kier alpha value is -1.76. The number of rotatable bonds is 3. The third kappa shape index (κ3) is 2.85. The van der Waals surface area contributed by atoms with E-state index < -0.39 is 6.04 Å². The number of nitrogens with zero attached hydrogens (tertiary/aromatic N) is 2. The Morgan fingerprint density at radius 1 is 1.17 bits per heavy atom. The summed E-state index contributed by atoms with van der Waals surface area (Å²) in [5, 5.41) is 0. The molecule has 0 aromatic carbocycles. The molecule has 2 aliphatic heterocycles. The summed E-state index contributed by atoms with van der Waals surface area (Å²) in [7, 11) is 0. The predicted molar refractivity (Wildman–Crippen MR) is 93.4 cm³/mol. The summed E-state index contributed by atoms with van der Waals surface area (Å²) in [5.41, 5.74) is 2.39. The molecular formula is C17H23N3O3S. The second kappa shape index (κ2) is 6.63. The van der Waals surface area contributed by atoms with E-state index in [0.29, 0.717) is 34.1 Å². The van der Waals surface area contributed by atoms with E-state index in [4.69, 9.17) is 0 Å². The maximum absolute atomic E-state index is 13.0. The summed E-state index contributed by atoms with van der Waals surface area (Å²) in [6, 6.07) is -0.399. The van der Waals surface area contributed by atoms with Gasteiger partial charge in [-0.25, -0.2) is 0 Å². The standard InChI is InChI=1S/C17H23N3O3S/c1-10-14(12(3)21)11(2)18-15(10)17(23)20-9-24-8-13(20)16(22)19-6-4-5-7-19/h13,18H,4-9H2,1-3H3. The summed E-state index contributed by atoms with van der Waals surface area (Å²) in [4.78, 5) is 44.0. The first-order valence-electron chi connectivity index (χ1n) is 8.29. The number of likely N-dealkylation sites (tertiary alicyclic amines) is 1. The Labute approximate surface area is 146 Å². The fraction of sp³-hybridized carbons (Fsp3) is 0.588. The second-order valence-electron chi connectivity index (χ2n) is 6.50. The number of ketones is 1. The van der Waals surface area contributed by atoms with E-state index in [2.05, 4.69) is 4.98 Å². The number of amides is 2. The topological polar surface area (TPSA) is 73.5 Å². The summed E-state index contributed by atoms with van der Waals surface area (Å²) >= 11 is 1.60. The fourth-order valence-corrected chi connectivity index (χ4v) is 4.78. The summed E-state index contributed by atoms with van der Waals surface area (Å²) < 4.78 is 0. The van der Waals surface area contributed by atoms with Crippen LogP contribution in [0.2, 0.25) is 0 Å². The van der Waals surface area contributed by atoms with Crippen molar-refractivity contribution in [2.45, 2.75) is 39.7 Å².